The number of esters is 3. The van der Waals surface area contributed by atoms with Gasteiger partial charge in [-0.15, -0.1) is 0 Å². The highest BCUT2D eigenvalue weighted by Crippen LogP contribution is 2.16. The molecule has 6 nitrogen and oxygen atoms in total. The number of ether oxygens (including phenoxy) is 3. The number of unbranched alkanes of at least 4 members (excludes halogenated alkanes) is 29. The van der Waals surface area contributed by atoms with Gasteiger partial charge in [0.25, 0.3) is 0 Å². The van der Waals surface area contributed by atoms with Crippen LogP contribution in [0.1, 0.15) is 284 Å². The molecular formula is C62H108O6. The summed E-state index contributed by atoms with van der Waals surface area (Å²) in [6.07, 6.45) is 71.8. The average Bonchev–Trinajstić information content (AvgIpc) is 3.34. The van der Waals surface area contributed by atoms with Gasteiger partial charge >= 0.3 is 17.9 Å². The summed E-state index contributed by atoms with van der Waals surface area (Å²) in [6, 6.07) is 0. The molecule has 0 saturated heterocycles. The van der Waals surface area contributed by atoms with Gasteiger partial charge in [0.15, 0.2) is 6.10 Å². The monoisotopic (exact) mass is 949 g/mol. The van der Waals surface area contributed by atoms with E-state index < -0.39 is 6.10 Å². The van der Waals surface area contributed by atoms with Gasteiger partial charge < -0.3 is 14.2 Å². The Hall–Kier alpha value is -3.15. The zero-order chi connectivity index (χ0) is 49.3. The minimum Gasteiger partial charge on any atom is -0.462 e. The van der Waals surface area contributed by atoms with Crippen LogP contribution in [0.2, 0.25) is 0 Å². The first-order valence-electron chi connectivity index (χ1n) is 28.9. The van der Waals surface area contributed by atoms with Crippen molar-refractivity contribution in [2.24, 2.45) is 0 Å². The molecule has 0 bridgehead atoms. The van der Waals surface area contributed by atoms with E-state index in [0.717, 1.165) is 77.0 Å². The molecule has 0 aliphatic heterocycles. The first kappa shape index (κ1) is 64.8. The highest BCUT2D eigenvalue weighted by molar-refractivity contribution is 5.71. The quantitative estimate of drug-likeness (QED) is 0.0262. The van der Waals surface area contributed by atoms with Gasteiger partial charge in [0.2, 0.25) is 0 Å². The predicted molar refractivity (Wildman–Crippen MR) is 293 cm³/mol. The Labute approximate surface area is 421 Å². The van der Waals surface area contributed by atoms with Gasteiger partial charge in [0.05, 0.1) is 0 Å². The third-order valence-electron chi connectivity index (χ3n) is 12.4. The lowest BCUT2D eigenvalue weighted by Crippen LogP contribution is -2.30. The maximum atomic E-state index is 12.9. The summed E-state index contributed by atoms with van der Waals surface area (Å²) in [5, 5.41) is 0. The highest BCUT2D eigenvalue weighted by Gasteiger charge is 2.19. The molecule has 0 spiro atoms. The number of allylic oxidation sites excluding steroid dienone is 12. The van der Waals surface area contributed by atoms with Crippen LogP contribution in [-0.2, 0) is 28.6 Å². The number of carbonyl (C=O) groups excluding carboxylic acids is 3. The molecule has 0 radical (unpaired) electrons. The van der Waals surface area contributed by atoms with Crippen molar-refractivity contribution < 1.29 is 28.6 Å². The van der Waals surface area contributed by atoms with Crippen LogP contribution < -0.4 is 0 Å². The van der Waals surface area contributed by atoms with Crippen molar-refractivity contribution in [1.82, 2.24) is 0 Å². The van der Waals surface area contributed by atoms with Crippen molar-refractivity contribution in [3.8, 4) is 0 Å². The molecule has 6 heteroatoms. The van der Waals surface area contributed by atoms with E-state index in [9.17, 15) is 14.4 Å². The van der Waals surface area contributed by atoms with Gasteiger partial charge in [-0.05, 0) is 83.5 Å². The molecular weight excluding hydrogens is 841 g/mol. The molecule has 0 unspecified atom stereocenters. The van der Waals surface area contributed by atoms with E-state index in [-0.39, 0.29) is 37.5 Å². The lowest BCUT2D eigenvalue weighted by molar-refractivity contribution is -0.167. The molecule has 0 aromatic heterocycles. The maximum absolute atomic E-state index is 12.9. The molecule has 0 rings (SSSR count). The smallest absolute Gasteiger partial charge is 0.306 e. The van der Waals surface area contributed by atoms with Crippen LogP contribution in [0, 0.1) is 0 Å². The van der Waals surface area contributed by atoms with Gasteiger partial charge in [-0.3, -0.25) is 14.4 Å². The van der Waals surface area contributed by atoms with E-state index in [0.29, 0.717) is 19.3 Å². The van der Waals surface area contributed by atoms with E-state index in [1.807, 2.05) is 0 Å². The van der Waals surface area contributed by atoms with Crippen molar-refractivity contribution in [3.05, 3.63) is 72.9 Å². The predicted octanol–water partition coefficient (Wildman–Crippen LogP) is 19.4. The lowest BCUT2D eigenvalue weighted by atomic mass is 10.0. The van der Waals surface area contributed by atoms with E-state index in [1.165, 1.54) is 161 Å². The first-order valence-corrected chi connectivity index (χ1v) is 28.9. The Balaban J connectivity index is 4.45. The standard InChI is InChI=1S/C62H108O6/c1-4-7-10-13-16-19-22-25-28-31-34-37-40-43-46-49-52-55-61(64)67-58-59(57-66-60(63)54-51-48-45-42-39-36-33-30-27-24-21-18-15-12-9-6-3)68-62(65)56-53-50-47-44-41-38-35-32-29-26-23-20-17-14-11-8-5-2/h7,10,16,19,25-26,28-29,34,37,43,46,59H,4-6,8-9,11-15,17-18,20-24,27,30-33,35-36,38-42,44-45,47-58H2,1-3H3/b10-7-,19-16-,28-25-,29-26-,37-34-,46-43-/t59-/m1/s1. The zero-order valence-electron chi connectivity index (χ0n) is 44.9. The number of carbonyl (C=O) groups is 3. The van der Waals surface area contributed by atoms with Crippen molar-refractivity contribution in [3.63, 3.8) is 0 Å². The summed E-state index contributed by atoms with van der Waals surface area (Å²) in [5.74, 6) is -0.947. The van der Waals surface area contributed by atoms with Gasteiger partial charge in [0.1, 0.15) is 13.2 Å². The molecule has 0 heterocycles. The normalized spacial score (nSPS) is 12.6. The van der Waals surface area contributed by atoms with Crippen molar-refractivity contribution in [2.75, 3.05) is 13.2 Å². The molecule has 0 fully saturated rings. The molecule has 0 aliphatic carbocycles. The molecule has 0 aromatic carbocycles. The zero-order valence-corrected chi connectivity index (χ0v) is 44.9. The number of rotatable bonds is 52. The summed E-state index contributed by atoms with van der Waals surface area (Å²) in [4.78, 5) is 38.1. The summed E-state index contributed by atoms with van der Waals surface area (Å²) in [7, 11) is 0. The summed E-state index contributed by atoms with van der Waals surface area (Å²) in [6.45, 7) is 6.50. The van der Waals surface area contributed by atoms with E-state index in [2.05, 4.69) is 93.7 Å². The molecule has 0 amide bonds. The molecule has 1 atom stereocenters. The van der Waals surface area contributed by atoms with Gasteiger partial charge in [-0.2, -0.15) is 0 Å². The fourth-order valence-electron chi connectivity index (χ4n) is 8.12. The topological polar surface area (TPSA) is 78.9 Å². The van der Waals surface area contributed by atoms with E-state index >= 15 is 0 Å². The number of hydrogen-bond donors (Lipinski definition) is 0. The second-order valence-corrected chi connectivity index (χ2v) is 19.2. The minimum atomic E-state index is -0.799. The molecule has 392 valence electrons. The van der Waals surface area contributed by atoms with Crippen LogP contribution in [0.25, 0.3) is 0 Å². The van der Waals surface area contributed by atoms with Gasteiger partial charge in [-0.25, -0.2) is 0 Å². The van der Waals surface area contributed by atoms with Crippen LogP contribution in [0.4, 0.5) is 0 Å². The summed E-state index contributed by atoms with van der Waals surface area (Å²) in [5.41, 5.74) is 0. The van der Waals surface area contributed by atoms with E-state index in [1.54, 1.807) is 0 Å². The highest BCUT2D eigenvalue weighted by atomic mass is 16.6. The van der Waals surface area contributed by atoms with Crippen LogP contribution in [-0.4, -0.2) is 37.2 Å². The van der Waals surface area contributed by atoms with Crippen LogP contribution in [0.5, 0.6) is 0 Å². The SMILES string of the molecule is CC/C=C\C/C=C\C/C=C\C/C=C\C/C=C\CCCC(=O)OC[C@@H](COC(=O)CCCCCCCCCCCCCCCCCC)OC(=O)CCCCCCCCC/C=C\CCCCCCCC. The second-order valence-electron chi connectivity index (χ2n) is 19.2. The molecule has 0 N–H and O–H groups in total. The second kappa shape index (κ2) is 56.4. The van der Waals surface area contributed by atoms with Crippen LogP contribution in [0.15, 0.2) is 72.9 Å². The number of hydrogen-bond acceptors (Lipinski definition) is 6. The first-order chi connectivity index (χ1) is 33.5. The molecule has 0 aromatic rings. The summed E-state index contributed by atoms with van der Waals surface area (Å²) < 4.78 is 16.8. The fourth-order valence-corrected chi connectivity index (χ4v) is 8.12. The van der Waals surface area contributed by atoms with E-state index in [4.69, 9.17) is 14.2 Å². The van der Waals surface area contributed by atoms with Gasteiger partial charge in [0, 0.05) is 19.3 Å². The Morgan fingerprint density at radius 3 is 0.971 bits per heavy atom. The Bertz CT molecular complexity index is 1270. The fraction of sp³-hybridized carbons (Fsp3) is 0.758. The molecule has 0 aliphatic rings. The largest absolute Gasteiger partial charge is 0.462 e. The summed E-state index contributed by atoms with van der Waals surface area (Å²) >= 11 is 0. The van der Waals surface area contributed by atoms with Crippen LogP contribution >= 0.6 is 0 Å². The van der Waals surface area contributed by atoms with Crippen molar-refractivity contribution >= 4 is 17.9 Å². The third kappa shape index (κ3) is 53.8. The Kier molecular flexibility index (Phi) is 53.8. The minimum absolute atomic E-state index is 0.0923. The maximum Gasteiger partial charge on any atom is 0.306 e. The molecule has 68 heavy (non-hydrogen) atoms. The lowest BCUT2D eigenvalue weighted by Gasteiger charge is -2.18. The van der Waals surface area contributed by atoms with Gasteiger partial charge in [-0.1, -0.05) is 254 Å². The average molecular weight is 950 g/mol. The van der Waals surface area contributed by atoms with Crippen LogP contribution in [0.3, 0.4) is 0 Å². The van der Waals surface area contributed by atoms with Crippen molar-refractivity contribution in [1.29, 1.82) is 0 Å². The Morgan fingerprint density at radius 2 is 0.588 bits per heavy atom. The Morgan fingerprint density at radius 1 is 0.309 bits per heavy atom. The van der Waals surface area contributed by atoms with Crippen molar-refractivity contribution in [2.45, 2.75) is 290 Å². The molecule has 0 saturated carbocycles. The third-order valence-corrected chi connectivity index (χ3v) is 12.4.